The summed E-state index contributed by atoms with van der Waals surface area (Å²) in [6.45, 7) is 17.2. The van der Waals surface area contributed by atoms with Crippen LogP contribution in [0.2, 0.25) is 0 Å². The molecule has 0 aliphatic rings. The second kappa shape index (κ2) is 6.76. The summed E-state index contributed by atoms with van der Waals surface area (Å²) in [7, 11) is 0. The molecule has 0 aromatic rings. The quantitative estimate of drug-likeness (QED) is 0.656. The molecule has 2 heteroatoms. The number of aliphatic carboxylic acids is 1. The molecule has 1 atom stereocenters. The first-order valence-electron chi connectivity index (χ1n) is 7.88. The van der Waals surface area contributed by atoms with Gasteiger partial charge in [-0.3, -0.25) is 4.79 Å². The molecule has 0 aliphatic heterocycles. The summed E-state index contributed by atoms with van der Waals surface area (Å²) in [5, 5.41) is 10.1. The second-order valence-electron chi connectivity index (χ2n) is 6.88. The maximum atomic E-state index is 12.2. The zero-order valence-corrected chi connectivity index (χ0v) is 14.2. The molecular weight excluding hydrogens is 236 g/mol. The van der Waals surface area contributed by atoms with E-state index in [0.29, 0.717) is 18.3 Å². The minimum atomic E-state index is -0.634. The lowest BCUT2D eigenvalue weighted by atomic mass is 9.47. The summed E-state index contributed by atoms with van der Waals surface area (Å²) in [4.78, 5) is 12.2. The van der Waals surface area contributed by atoms with E-state index in [1.165, 1.54) is 0 Å². The van der Waals surface area contributed by atoms with Gasteiger partial charge in [0.05, 0.1) is 5.41 Å². The van der Waals surface area contributed by atoms with Gasteiger partial charge in [0.25, 0.3) is 0 Å². The molecule has 0 radical (unpaired) electrons. The van der Waals surface area contributed by atoms with Gasteiger partial charge in [0.1, 0.15) is 0 Å². The van der Waals surface area contributed by atoms with Crippen LogP contribution in [-0.2, 0) is 4.79 Å². The fourth-order valence-corrected chi connectivity index (χ4v) is 4.78. The smallest absolute Gasteiger partial charge is 0.310 e. The molecule has 0 fully saturated rings. The lowest BCUT2D eigenvalue weighted by molar-refractivity contribution is -0.177. The molecule has 0 aliphatic carbocycles. The Kier molecular flexibility index (Phi) is 6.57. The molecule has 0 aromatic carbocycles. The lowest BCUT2D eigenvalue weighted by Gasteiger charge is -2.56. The Labute approximate surface area is 120 Å². The monoisotopic (exact) mass is 270 g/mol. The van der Waals surface area contributed by atoms with Gasteiger partial charge in [0.15, 0.2) is 0 Å². The van der Waals surface area contributed by atoms with E-state index in [1.54, 1.807) is 0 Å². The third kappa shape index (κ3) is 2.68. The molecule has 0 bridgehead atoms. The molecule has 2 nitrogen and oxygen atoms in total. The first-order valence-corrected chi connectivity index (χ1v) is 7.88. The van der Waals surface area contributed by atoms with E-state index >= 15 is 0 Å². The zero-order valence-electron chi connectivity index (χ0n) is 14.2. The Morgan fingerprint density at radius 3 is 1.53 bits per heavy atom. The van der Waals surface area contributed by atoms with Crippen molar-refractivity contribution in [1.29, 1.82) is 0 Å². The molecule has 0 heterocycles. The van der Waals surface area contributed by atoms with Crippen LogP contribution in [0.4, 0.5) is 0 Å². The fourth-order valence-electron chi connectivity index (χ4n) is 4.78. The topological polar surface area (TPSA) is 37.3 Å². The van der Waals surface area contributed by atoms with Gasteiger partial charge in [-0.15, -0.1) is 0 Å². The normalized spacial score (nSPS) is 16.2. The number of hydrogen-bond acceptors (Lipinski definition) is 1. The molecular formula is C17H34O2. The number of carboxylic acids is 1. The van der Waals surface area contributed by atoms with Crippen LogP contribution in [0.3, 0.4) is 0 Å². The average molecular weight is 270 g/mol. The third-order valence-corrected chi connectivity index (χ3v) is 5.48. The molecule has 0 rings (SSSR count). The van der Waals surface area contributed by atoms with Crippen molar-refractivity contribution < 1.29 is 9.90 Å². The van der Waals surface area contributed by atoms with E-state index in [1.807, 2.05) is 6.92 Å². The SMILES string of the molecule is CCCC(C(C)C)(C(C)C)C(CC)(C(=O)O)C(C)C. The van der Waals surface area contributed by atoms with Crippen molar-refractivity contribution in [3.63, 3.8) is 0 Å². The molecule has 114 valence electrons. The lowest BCUT2D eigenvalue weighted by Crippen LogP contribution is -2.56. The van der Waals surface area contributed by atoms with Crippen LogP contribution in [0.5, 0.6) is 0 Å². The Bertz CT molecular complexity index is 284. The Hall–Kier alpha value is -0.530. The second-order valence-corrected chi connectivity index (χ2v) is 6.88. The van der Waals surface area contributed by atoms with E-state index in [2.05, 4.69) is 48.5 Å². The van der Waals surface area contributed by atoms with Crippen LogP contribution >= 0.6 is 0 Å². The van der Waals surface area contributed by atoms with Crippen LogP contribution in [-0.4, -0.2) is 11.1 Å². The number of rotatable bonds is 8. The molecule has 1 unspecified atom stereocenters. The number of carbonyl (C=O) groups is 1. The van der Waals surface area contributed by atoms with Crippen molar-refractivity contribution in [2.45, 2.75) is 74.7 Å². The summed E-state index contributed by atoms with van der Waals surface area (Å²) in [6.07, 6.45) is 2.73. The molecule has 0 aromatic heterocycles. The van der Waals surface area contributed by atoms with Gasteiger partial charge in [-0.2, -0.15) is 0 Å². The van der Waals surface area contributed by atoms with E-state index in [0.717, 1.165) is 12.8 Å². The van der Waals surface area contributed by atoms with E-state index < -0.39 is 11.4 Å². The minimum absolute atomic E-state index is 0.142. The molecule has 0 saturated carbocycles. The molecule has 1 N–H and O–H groups in total. The van der Waals surface area contributed by atoms with Crippen molar-refractivity contribution in [3.8, 4) is 0 Å². The zero-order chi connectivity index (χ0) is 15.4. The molecule has 19 heavy (non-hydrogen) atoms. The van der Waals surface area contributed by atoms with E-state index in [4.69, 9.17) is 0 Å². The Morgan fingerprint density at radius 2 is 1.37 bits per heavy atom. The van der Waals surface area contributed by atoms with Gasteiger partial charge >= 0.3 is 5.97 Å². The van der Waals surface area contributed by atoms with Crippen LogP contribution < -0.4 is 0 Å². The van der Waals surface area contributed by atoms with E-state index in [9.17, 15) is 9.90 Å². The standard InChI is InChI=1S/C17H34O2/c1-9-11-17(13(5)6,14(7)8)16(10-2,12(3)4)15(18)19/h12-14H,9-11H2,1-8H3,(H,18,19). The van der Waals surface area contributed by atoms with Crippen molar-refractivity contribution in [1.82, 2.24) is 0 Å². The highest BCUT2D eigenvalue weighted by atomic mass is 16.4. The predicted molar refractivity (Wildman–Crippen MR) is 82.2 cm³/mol. The molecule has 0 saturated heterocycles. The van der Waals surface area contributed by atoms with E-state index in [-0.39, 0.29) is 11.3 Å². The highest BCUT2D eigenvalue weighted by Crippen LogP contribution is 2.59. The van der Waals surface area contributed by atoms with Gasteiger partial charge in [-0.1, -0.05) is 61.8 Å². The number of hydrogen-bond donors (Lipinski definition) is 1. The number of carboxylic acid groups (broad SMARTS) is 1. The van der Waals surface area contributed by atoms with Crippen LogP contribution in [0.1, 0.15) is 74.7 Å². The van der Waals surface area contributed by atoms with Gasteiger partial charge < -0.3 is 5.11 Å². The summed E-state index contributed by atoms with van der Waals surface area (Å²) in [5.74, 6) is 0.268. The van der Waals surface area contributed by atoms with Gasteiger partial charge in [0, 0.05) is 0 Å². The predicted octanol–water partition coefficient (Wildman–Crippen LogP) is 5.22. The van der Waals surface area contributed by atoms with Gasteiger partial charge in [-0.05, 0) is 36.0 Å². The third-order valence-electron chi connectivity index (χ3n) is 5.48. The van der Waals surface area contributed by atoms with Gasteiger partial charge in [0.2, 0.25) is 0 Å². The Balaban J connectivity index is 6.24. The van der Waals surface area contributed by atoms with Gasteiger partial charge in [-0.25, -0.2) is 0 Å². The maximum absolute atomic E-state index is 12.2. The minimum Gasteiger partial charge on any atom is -0.481 e. The van der Waals surface area contributed by atoms with Crippen molar-refractivity contribution in [3.05, 3.63) is 0 Å². The fraction of sp³-hybridized carbons (Fsp3) is 0.941. The Morgan fingerprint density at radius 1 is 0.947 bits per heavy atom. The maximum Gasteiger partial charge on any atom is 0.310 e. The summed E-state index contributed by atoms with van der Waals surface area (Å²) in [6, 6.07) is 0. The van der Waals surface area contributed by atoms with Crippen molar-refractivity contribution in [2.24, 2.45) is 28.6 Å². The largest absolute Gasteiger partial charge is 0.481 e. The molecule has 0 amide bonds. The van der Waals surface area contributed by atoms with Crippen LogP contribution in [0.25, 0.3) is 0 Å². The summed E-state index contributed by atoms with van der Waals surface area (Å²) in [5.41, 5.74) is -0.776. The first-order chi connectivity index (χ1) is 8.64. The summed E-state index contributed by atoms with van der Waals surface area (Å²) < 4.78 is 0. The van der Waals surface area contributed by atoms with Crippen molar-refractivity contribution in [2.75, 3.05) is 0 Å². The average Bonchev–Trinajstić information content (AvgIpc) is 2.27. The molecule has 0 spiro atoms. The highest BCUT2D eigenvalue weighted by molar-refractivity contribution is 5.76. The highest BCUT2D eigenvalue weighted by Gasteiger charge is 2.59. The van der Waals surface area contributed by atoms with Crippen molar-refractivity contribution >= 4 is 5.97 Å². The van der Waals surface area contributed by atoms with Crippen LogP contribution in [0.15, 0.2) is 0 Å². The summed E-state index contributed by atoms with van der Waals surface area (Å²) >= 11 is 0. The van der Waals surface area contributed by atoms with Crippen LogP contribution in [0, 0.1) is 28.6 Å². The first kappa shape index (κ1) is 18.5.